The Labute approximate surface area is 102 Å². The maximum absolute atomic E-state index is 10.7. The Morgan fingerprint density at radius 2 is 1.94 bits per heavy atom. The molecule has 2 heteroatoms. The zero-order chi connectivity index (χ0) is 12.0. The molecule has 88 valence electrons. The molecular weight excluding hydrogens is 220 g/mol. The molecule has 1 aliphatic carbocycles. The molecule has 0 saturated heterocycles. The average Bonchev–Trinajstić information content (AvgIpc) is 2.47. The molecule has 16 heavy (non-hydrogen) atoms. The predicted octanol–water partition coefficient (Wildman–Crippen LogP) is 4.05. The molecule has 2 rings (SSSR count). The van der Waals surface area contributed by atoms with Crippen molar-refractivity contribution in [3.8, 4) is 0 Å². The van der Waals surface area contributed by atoms with Crippen LogP contribution in [0.4, 0.5) is 0 Å². The maximum Gasteiger partial charge on any atom is 0.0902 e. The number of aliphatic hydroxyl groups is 1. The van der Waals surface area contributed by atoms with Crippen molar-refractivity contribution < 1.29 is 5.11 Å². The second kappa shape index (κ2) is 3.75. The lowest BCUT2D eigenvalue weighted by molar-refractivity contribution is 0.0338. The molecule has 1 aliphatic rings. The van der Waals surface area contributed by atoms with E-state index in [4.69, 9.17) is 11.6 Å². The summed E-state index contributed by atoms with van der Waals surface area (Å²) in [5, 5.41) is 11.4. The van der Waals surface area contributed by atoms with Crippen LogP contribution in [0.3, 0.4) is 0 Å². The van der Waals surface area contributed by atoms with Crippen molar-refractivity contribution >= 4 is 11.6 Å². The van der Waals surface area contributed by atoms with E-state index in [9.17, 15) is 5.11 Å². The summed E-state index contributed by atoms with van der Waals surface area (Å²) >= 11 is 6.11. The summed E-state index contributed by atoms with van der Waals surface area (Å²) in [6.45, 7) is 6.40. The first-order valence-electron chi connectivity index (χ1n) is 5.81. The molecule has 1 atom stereocenters. The van der Waals surface area contributed by atoms with Crippen molar-refractivity contribution in [1.29, 1.82) is 0 Å². The molecule has 0 heterocycles. The van der Waals surface area contributed by atoms with E-state index in [2.05, 4.69) is 13.8 Å². The highest BCUT2D eigenvalue weighted by Gasteiger charge is 2.42. The van der Waals surface area contributed by atoms with Crippen LogP contribution >= 0.6 is 11.6 Å². The molecule has 1 aromatic carbocycles. The van der Waals surface area contributed by atoms with Crippen molar-refractivity contribution in [2.24, 2.45) is 5.41 Å². The number of hydrogen-bond acceptors (Lipinski definition) is 1. The van der Waals surface area contributed by atoms with Gasteiger partial charge >= 0.3 is 0 Å². The summed E-state index contributed by atoms with van der Waals surface area (Å²) in [6.07, 6.45) is 2.72. The molecular formula is C14H19ClO. The van der Waals surface area contributed by atoms with E-state index in [1.165, 1.54) is 0 Å². The SMILES string of the molecule is Cc1ccc(C2(O)CCC(C)(C)C2)cc1Cl. The Morgan fingerprint density at radius 3 is 2.44 bits per heavy atom. The summed E-state index contributed by atoms with van der Waals surface area (Å²) in [6, 6.07) is 5.90. The van der Waals surface area contributed by atoms with Crippen molar-refractivity contribution in [3.05, 3.63) is 34.3 Å². The van der Waals surface area contributed by atoms with Crippen LogP contribution in [0.25, 0.3) is 0 Å². The van der Waals surface area contributed by atoms with Crippen LogP contribution < -0.4 is 0 Å². The van der Waals surface area contributed by atoms with Crippen molar-refractivity contribution in [3.63, 3.8) is 0 Å². The summed E-state index contributed by atoms with van der Waals surface area (Å²) in [7, 11) is 0. The predicted molar refractivity (Wildman–Crippen MR) is 67.7 cm³/mol. The Bertz CT molecular complexity index is 411. The minimum absolute atomic E-state index is 0.228. The first-order chi connectivity index (χ1) is 7.32. The Kier molecular flexibility index (Phi) is 2.80. The van der Waals surface area contributed by atoms with Crippen molar-refractivity contribution in [1.82, 2.24) is 0 Å². The highest BCUT2D eigenvalue weighted by Crippen LogP contribution is 2.49. The third-order valence-electron chi connectivity index (χ3n) is 3.70. The lowest BCUT2D eigenvalue weighted by Crippen LogP contribution is -2.23. The quantitative estimate of drug-likeness (QED) is 0.783. The van der Waals surface area contributed by atoms with Crippen molar-refractivity contribution in [2.75, 3.05) is 0 Å². The first kappa shape index (κ1) is 11.9. The number of rotatable bonds is 1. The monoisotopic (exact) mass is 238 g/mol. The zero-order valence-electron chi connectivity index (χ0n) is 10.2. The zero-order valence-corrected chi connectivity index (χ0v) is 10.9. The number of hydrogen-bond donors (Lipinski definition) is 1. The summed E-state index contributed by atoms with van der Waals surface area (Å²) in [5.74, 6) is 0. The van der Waals surface area contributed by atoms with Gasteiger partial charge in [-0.3, -0.25) is 0 Å². The fourth-order valence-electron chi connectivity index (χ4n) is 2.64. The van der Waals surface area contributed by atoms with Crippen LogP contribution in [0.1, 0.15) is 44.2 Å². The Balaban J connectivity index is 2.34. The van der Waals surface area contributed by atoms with Crippen molar-refractivity contribution in [2.45, 2.75) is 45.6 Å². The summed E-state index contributed by atoms with van der Waals surface area (Å²) in [4.78, 5) is 0. The van der Waals surface area contributed by atoms with Gasteiger partial charge in [0.05, 0.1) is 5.60 Å². The lowest BCUT2D eigenvalue weighted by atomic mass is 9.85. The molecule has 1 saturated carbocycles. The third-order valence-corrected chi connectivity index (χ3v) is 4.10. The highest BCUT2D eigenvalue weighted by molar-refractivity contribution is 6.31. The summed E-state index contributed by atoms with van der Waals surface area (Å²) in [5.41, 5.74) is 1.58. The van der Waals surface area contributed by atoms with Gasteiger partial charge in [-0.25, -0.2) is 0 Å². The van der Waals surface area contributed by atoms with Gasteiger partial charge in [0.1, 0.15) is 0 Å². The van der Waals surface area contributed by atoms with E-state index in [1.54, 1.807) is 0 Å². The third kappa shape index (κ3) is 2.11. The van der Waals surface area contributed by atoms with Gasteiger partial charge in [-0.1, -0.05) is 37.6 Å². The van der Waals surface area contributed by atoms with Gasteiger partial charge in [-0.2, -0.15) is 0 Å². The van der Waals surface area contributed by atoms with Gasteiger partial charge < -0.3 is 5.11 Å². The largest absolute Gasteiger partial charge is 0.385 e. The maximum atomic E-state index is 10.7. The average molecular weight is 239 g/mol. The highest BCUT2D eigenvalue weighted by atomic mass is 35.5. The van der Waals surface area contributed by atoms with Gasteiger partial charge in [0.15, 0.2) is 0 Å². The topological polar surface area (TPSA) is 20.2 Å². The standard InChI is InChI=1S/C14H19ClO/c1-10-4-5-11(8-12(10)15)14(16)7-6-13(2,3)9-14/h4-5,8,16H,6-7,9H2,1-3H3. The first-order valence-corrected chi connectivity index (χ1v) is 6.19. The second-order valence-corrected chi connectivity index (χ2v) is 6.24. The van der Waals surface area contributed by atoms with E-state index in [1.807, 2.05) is 25.1 Å². The minimum Gasteiger partial charge on any atom is -0.385 e. The Morgan fingerprint density at radius 1 is 1.25 bits per heavy atom. The molecule has 0 amide bonds. The fraction of sp³-hybridized carbons (Fsp3) is 0.571. The molecule has 1 fully saturated rings. The molecule has 0 spiro atoms. The van der Waals surface area contributed by atoms with Crippen LogP contribution in [0.5, 0.6) is 0 Å². The number of aryl methyl sites for hydroxylation is 1. The van der Waals surface area contributed by atoms with E-state index in [0.29, 0.717) is 0 Å². The second-order valence-electron chi connectivity index (χ2n) is 5.84. The van der Waals surface area contributed by atoms with Crippen LogP contribution in [-0.4, -0.2) is 5.11 Å². The molecule has 1 aromatic rings. The van der Waals surface area contributed by atoms with Gasteiger partial charge in [0.25, 0.3) is 0 Å². The van der Waals surface area contributed by atoms with Crippen LogP contribution in [0.2, 0.25) is 5.02 Å². The molecule has 0 aliphatic heterocycles. The van der Waals surface area contributed by atoms with Gasteiger partial charge in [0.2, 0.25) is 0 Å². The normalized spacial score (nSPS) is 28.3. The molecule has 0 aromatic heterocycles. The smallest absolute Gasteiger partial charge is 0.0902 e. The van der Waals surface area contributed by atoms with Crippen LogP contribution in [0.15, 0.2) is 18.2 Å². The molecule has 0 radical (unpaired) electrons. The molecule has 0 bridgehead atoms. The minimum atomic E-state index is -0.680. The molecule has 1 nitrogen and oxygen atoms in total. The van der Waals surface area contributed by atoms with Crippen LogP contribution in [0, 0.1) is 12.3 Å². The lowest BCUT2D eigenvalue weighted by Gasteiger charge is -2.26. The van der Waals surface area contributed by atoms with E-state index in [0.717, 1.165) is 35.4 Å². The van der Waals surface area contributed by atoms with Gasteiger partial charge in [0, 0.05) is 5.02 Å². The van der Waals surface area contributed by atoms with Gasteiger partial charge in [-0.05, 0) is 48.8 Å². The number of benzene rings is 1. The Hall–Kier alpha value is -0.530. The molecule has 1 N–H and O–H groups in total. The number of halogens is 1. The van der Waals surface area contributed by atoms with Gasteiger partial charge in [-0.15, -0.1) is 0 Å². The fourth-order valence-corrected chi connectivity index (χ4v) is 2.82. The van der Waals surface area contributed by atoms with E-state index >= 15 is 0 Å². The van der Waals surface area contributed by atoms with E-state index < -0.39 is 5.60 Å². The van der Waals surface area contributed by atoms with E-state index in [-0.39, 0.29) is 5.41 Å². The molecule has 1 unspecified atom stereocenters. The summed E-state index contributed by atoms with van der Waals surface area (Å²) < 4.78 is 0. The van der Waals surface area contributed by atoms with Crippen LogP contribution in [-0.2, 0) is 5.60 Å².